The predicted molar refractivity (Wildman–Crippen MR) is 78.8 cm³/mol. The van der Waals surface area contributed by atoms with Crippen LogP contribution in [0.3, 0.4) is 0 Å². The number of aromatic nitrogens is 2. The molecule has 4 nitrogen and oxygen atoms in total. The number of rotatable bonds is 4. The lowest BCUT2D eigenvalue weighted by atomic mass is 10.2. The second-order valence-electron chi connectivity index (χ2n) is 4.36. The molecule has 1 aromatic heterocycles. The fraction of sp³-hybridized carbons (Fsp3) is 0.308. The van der Waals surface area contributed by atoms with Gasteiger partial charge < -0.3 is 10.6 Å². The van der Waals surface area contributed by atoms with Crippen LogP contribution in [0.2, 0.25) is 0 Å². The molecule has 18 heavy (non-hydrogen) atoms. The van der Waals surface area contributed by atoms with Crippen molar-refractivity contribution in [3.8, 4) is 0 Å². The Morgan fingerprint density at radius 1 is 1.44 bits per heavy atom. The van der Waals surface area contributed by atoms with Crippen LogP contribution in [-0.4, -0.2) is 28.0 Å². The van der Waals surface area contributed by atoms with Crippen molar-refractivity contribution in [3.63, 3.8) is 0 Å². The highest BCUT2D eigenvalue weighted by molar-refractivity contribution is 7.80. The van der Waals surface area contributed by atoms with Gasteiger partial charge in [-0.1, -0.05) is 30.4 Å². The van der Waals surface area contributed by atoms with E-state index in [4.69, 9.17) is 18.0 Å². The summed E-state index contributed by atoms with van der Waals surface area (Å²) in [5.74, 6) is 0.692. The van der Waals surface area contributed by atoms with E-state index in [9.17, 15) is 0 Å². The van der Waals surface area contributed by atoms with Crippen LogP contribution in [0.1, 0.15) is 13.3 Å². The summed E-state index contributed by atoms with van der Waals surface area (Å²) in [6, 6.07) is 8.11. The molecule has 1 aromatic carbocycles. The van der Waals surface area contributed by atoms with Gasteiger partial charge in [0.15, 0.2) is 0 Å². The van der Waals surface area contributed by atoms with Crippen LogP contribution in [0.15, 0.2) is 30.5 Å². The number of fused-ring (bicyclic) bond motifs is 1. The molecule has 1 atom stereocenters. The first-order valence-electron chi connectivity index (χ1n) is 5.81. The minimum absolute atomic E-state index is 0.184. The van der Waals surface area contributed by atoms with Gasteiger partial charge in [0.25, 0.3) is 0 Å². The van der Waals surface area contributed by atoms with E-state index < -0.39 is 0 Å². The van der Waals surface area contributed by atoms with E-state index in [-0.39, 0.29) is 6.04 Å². The van der Waals surface area contributed by atoms with E-state index in [1.807, 2.05) is 42.4 Å². The Labute approximate surface area is 112 Å². The molecule has 1 unspecified atom stereocenters. The van der Waals surface area contributed by atoms with Crippen LogP contribution in [-0.2, 0) is 0 Å². The highest BCUT2D eigenvalue weighted by Crippen LogP contribution is 2.16. The Hall–Kier alpha value is -1.75. The first-order valence-corrected chi connectivity index (χ1v) is 6.21. The molecule has 0 saturated carbocycles. The molecule has 2 N–H and O–H groups in total. The van der Waals surface area contributed by atoms with Crippen molar-refractivity contribution in [2.24, 2.45) is 5.73 Å². The Kier molecular flexibility index (Phi) is 3.72. The fourth-order valence-electron chi connectivity index (χ4n) is 1.76. The summed E-state index contributed by atoms with van der Waals surface area (Å²) in [5, 5.41) is 1.04. The molecule has 0 radical (unpaired) electrons. The van der Waals surface area contributed by atoms with Crippen molar-refractivity contribution < 1.29 is 0 Å². The maximum Gasteiger partial charge on any atom is 0.225 e. The smallest absolute Gasteiger partial charge is 0.225 e. The molecule has 0 aliphatic carbocycles. The molecule has 1 heterocycles. The molecule has 94 valence electrons. The van der Waals surface area contributed by atoms with Gasteiger partial charge in [-0.15, -0.1) is 0 Å². The number of para-hydroxylation sites is 1. The standard InChI is InChI=1S/C13H16N4S/c1-9(7-12(14)18)17(2)13-15-8-10-5-3-4-6-11(10)16-13/h3-6,8-9H,7H2,1-2H3,(H2,14,18). The Balaban J connectivity index is 2.27. The first-order chi connectivity index (χ1) is 8.58. The molecule has 5 heteroatoms. The number of nitrogens with zero attached hydrogens (tertiary/aromatic N) is 3. The first kappa shape index (κ1) is 12.7. The van der Waals surface area contributed by atoms with E-state index in [1.54, 1.807) is 0 Å². The molecular weight excluding hydrogens is 244 g/mol. The summed E-state index contributed by atoms with van der Waals surface area (Å²) in [5.41, 5.74) is 6.51. The summed E-state index contributed by atoms with van der Waals surface area (Å²) in [6.45, 7) is 2.05. The highest BCUT2D eigenvalue weighted by atomic mass is 32.1. The van der Waals surface area contributed by atoms with Crippen molar-refractivity contribution in [2.75, 3.05) is 11.9 Å². The zero-order valence-electron chi connectivity index (χ0n) is 10.5. The van der Waals surface area contributed by atoms with Gasteiger partial charge in [-0.25, -0.2) is 9.97 Å². The zero-order chi connectivity index (χ0) is 13.1. The topological polar surface area (TPSA) is 55.0 Å². The fourth-order valence-corrected chi connectivity index (χ4v) is 2.00. The number of anilines is 1. The van der Waals surface area contributed by atoms with Gasteiger partial charge in [-0.3, -0.25) is 0 Å². The van der Waals surface area contributed by atoms with Gasteiger partial charge in [0.1, 0.15) is 0 Å². The van der Waals surface area contributed by atoms with E-state index in [2.05, 4.69) is 16.9 Å². The largest absolute Gasteiger partial charge is 0.393 e. The van der Waals surface area contributed by atoms with Crippen molar-refractivity contribution in [3.05, 3.63) is 30.5 Å². The van der Waals surface area contributed by atoms with Gasteiger partial charge in [-0.05, 0) is 13.0 Å². The monoisotopic (exact) mass is 260 g/mol. The Bertz CT molecular complexity index is 570. The molecule has 0 fully saturated rings. The predicted octanol–water partition coefficient (Wildman–Crippen LogP) is 2.13. The van der Waals surface area contributed by atoms with E-state index >= 15 is 0 Å². The zero-order valence-corrected chi connectivity index (χ0v) is 11.3. The average molecular weight is 260 g/mol. The van der Waals surface area contributed by atoms with E-state index in [0.717, 1.165) is 10.9 Å². The molecule has 2 aromatic rings. The maximum atomic E-state index is 5.56. The van der Waals surface area contributed by atoms with E-state index in [1.165, 1.54) is 0 Å². The minimum atomic E-state index is 0.184. The number of thiocarbonyl (C=S) groups is 1. The molecular formula is C13H16N4S. The number of hydrogen-bond acceptors (Lipinski definition) is 4. The normalized spacial score (nSPS) is 12.3. The molecule has 0 aliphatic heterocycles. The molecule has 0 saturated heterocycles. The second kappa shape index (κ2) is 5.27. The van der Waals surface area contributed by atoms with Gasteiger partial charge in [-0.2, -0.15) is 0 Å². The molecule has 0 aliphatic rings. The molecule has 0 bridgehead atoms. The minimum Gasteiger partial charge on any atom is -0.393 e. The summed E-state index contributed by atoms with van der Waals surface area (Å²) in [7, 11) is 1.95. The Morgan fingerprint density at radius 2 is 2.17 bits per heavy atom. The lowest BCUT2D eigenvalue weighted by Crippen LogP contribution is -2.33. The Morgan fingerprint density at radius 3 is 2.89 bits per heavy atom. The molecule has 0 spiro atoms. The van der Waals surface area contributed by atoms with Crippen LogP contribution in [0, 0.1) is 0 Å². The van der Waals surface area contributed by atoms with Crippen LogP contribution in [0.5, 0.6) is 0 Å². The number of benzene rings is 1. The third kappa shape index (κ3) is 2.73. The van der Waals surface area contributed by atoms with E-state index in [0.29, 0.717) is 17.4 Å². The summed E-state index contributed by atoms with van der Waals surface area (Å²) in [4.78, 5) is 11.4. The quantitative estimate of drug-likeness (QED) is 0.853. The van der Waals surface area contributed by atoms with Crippen LogP contribution in [0.25, 0.3) is 10.9 Å². The summed E-state index contributed by atoms with van der Waals surface area (Å²) >= 11 is 4.93. The third-order valence-electron chi connectivity index (χ3n) is 2.95. The van der Waals surface area contributed by atoms with Gasteiger partial charge in [0.05, 0.1) is 10.5 Å². The van der Waals surface area contributed by atoms with Crippen LogP contribution >= 0.6 is 12.2 Å². The molecule has 0 amide bonds. The summed E-state index contributed by atoms with van der Waals surface area (Å²) in [6.07, 6.45) is 2.49. The average Bonchev–Trinajstić information content (AvgIpc) is 2.36. The molecule has 2 rings (SSSR count). The van der Waals surface area contributed by atoms with Gasteiger partial charge in [0.2, 0.25) is 5.95 Å². The van der Waals surface area contributed by atoms with Gasteiger partial charge >= 0.3 is 0 Å². The van der Waals surface area contributed by atoms with Crippen LogP contribution in [0.4, 0.5) is 5.95 Å². The van der Waals surface area contributed by atoms with Crippen molar-refractivity contribution in [2.45, 2.75) is 19.4 Å². The highest BCUT2D eigenvalue weighted by Gasteiger charge is 2.13. The van der Waals surface area contributed by atoms with Crippen molar-refractivity contribution in [1.82, 2.24) is 9.97 Å². The van der Waals surface area contributed by atoms with Crippen molar-refractivity contribution >= 4 is 34.1 Å². The lowest BCUT2D eigenvalue weighted by Gasteiger charge is -2.24. The second-order valence-corrected chi connectivity index (χ2v) is 4.88. The lowest BCUT2D eigenvalue weighted by molar-refractivity contribution is 0.696. The summed E-state index contributed by atoms with van der Waals surface area (Å²) < 4.78 is 0. The number of nitrogens with two attached hydrogens (primary N) is 1. The van der Waals surface area contributed by atoms with Gasteiger partial charge in [0, 0.05) is 31.1 Å². The SMILES string of the molecule is CC(CC(N)=S)N(C)c1ncc2ccccc2n1. The van der Waals surface area contributed by atoms with Crippen molar-refractivity contribution in [1.29, 1.82) is 0 Å². The number of hydrogen-bond donors (Lipinski definition) is 1. The third-order valence-corrected chi connectivity index (χ3v) is 3.12. The maximum absolute atomic E-state index is 5.56. The van der Waals surface area contributed by atoms with Crippen LogP contribution < -0.4 is 10.6 Å².